The summed E-state index contributed by atoms with van der Waals surface area (Å²) in [5.41, 5.74) is 1.52. The summed E-state index contributed by atoms with van der Waals surface area (Å²) in [5, 5.41) is 11.5. The molecule has 0 spiro atoms. The number of amides is 1. The number of nitrogens with one attached hydrogen (secondary N) is 1. The highest BCUT2D eigenvalue weighted by atomic mass is 16.4. The quantitative estimate of drug-likeness (QED) is 0.796. The molecule has 0 unspecified atom stereocenters. The number of nitrogens with zero attached hydrogens (tertiary/aromatic N) is 1. The zero-order valence-corrected chi connectivity index (χ0v) is 11.5. The molecule has 1 heterocycles. The molecule has 0 radical (unpaired) electrons. The van der Waals surface area contributed by atoms with E-state index in [1.807, 2.05) is 18.2 Å². The fourth-order valence-electron chi connectivity index (χ4n) is 1.90. The van der Waals surface area contributed by atoms with Crippen LogP contribution in [0.15, 0.2) is 48.7 Å². The van der Waals surface area contributed by atoms with Gasteiger partial charge in [-0.1, -0.05) is 30.3 Å². The molecule has 0 aliphatic heterocycles. The van der Waals surface area contributed by atoms with E-state index >= 15 is 0 Å². The minimum absolute atomic E-state index is 0.0735. The number of carboxylic acid groups (broad SMARTS) is 1. The predicted molar refractivity (Wildman–Crippen MR) is 78.3 cm³/mol. The van der Waals surface area contributed by atoms with E-state index in [1.165, 1.54) is 23.9 Å². The van der Waals surface area contributed by atoms with Crippen molar-refractivity contribution in [2.75, 3.05) is 6.54 Å². The third-order valence-electron chi connectivity index (χ3n) is 3.02. The van der Waals surface area contributed by atoms with Gasteiger partial charge in [-0.25, -0.2) is 9.78 Å². The van der Waals surface area contributed by atoms with Crippen molar-refractivity contribution in [1.82, 2.24) is 10.3 Å². The number of carbonyl (C=O) groups is 2. The van der Waals surface area contributed by atoms with Gasteiger partial charge < -0.3 is 10.4 Å². The van der Waals surface area contributed by atoms with Crippen LogP contribution in [0.1, 0.15) is 32.8 Å². The number of pyridine rings is 1. The monoisotopic (exact) mass is 284 g/mol. The average Bonchev–Trinajstić information content (AvgIpc) is 2.52. The van der Waals surface area contributed by atoms with Gasteiger partial charge in [0.2, 0.25) is 0 Å². The number of hydrogen-bond donors (Lipinski definition) is 2. The zero-order valence-electron chi connectivity index (χ0n) is 11.5. The van der Waals surface area contributed by atoms with Gasteiger partial charge in [0.15, 0.2) is 0 Å². The predicted octanol–water partition coefficient (Wildman–Crippen LogP) is 2.14. The lowest BCUT2D eigenvalue weighted by atomic mass is 10.1. The third kappa shape index (κ3) is 4.42. The molecule has 5 heteroatoms. The second-order valence-electron chi connectivity index (χ2n) is 4.58. The molecule has 1 amide bonds. The first-order valence-electron chi connectivity index (χ1n) is 6.68. The number of carbonyl (C=O) groups excluding carboxylic acids is 1. The van der Waals surface area contributed by atoms with E-state index in [0.717, 1.165) is 12.8 Å². The standard InChI is InChI=1S/C16H16N2O3/c19-15(13-8-9-14(16(20)21)18-11-13)17-10-4-7-12-5-2-1-3-6-12/h1-3,5-6,8-9,11H,4,7,10H2,(H,17,19)(H,20,21). The van der Waals surface area contributed by atoms with E-state index in [0.29, 0.717) is 12.1 Å². The van der Waals surface area contributed by atoms with Crippen LogP contribution in [0.5, 0.6) is 0 Å². The van der Waals surface area contributed by atoms with Crippen LogP contribution in [0.4, 0.5) is 0 Å². The van der Waals surface area contributed by atoms with Gasteiger partial charge in [0.1, 0.15) is 5.69 Å². The Hall–Kier alpha value is -2.69. The Bertz CT molecular complexity index is 609. The van der Waals surface area contributed by atoms with Crippen LogP contribution in [0.3, 0.4) is 0 Å². The van der Waals surface area contributed by atoms with Crippen molar-refractivity contribution >= 4 is 11.9 Å². The maximum atomic E-state index is 11.8. The van der Waals surface area contributed by atoms with E-state index < -0.39 is 5.97 Å². The molecule has 1 aromatic heterocycles. The summed E-state index contributed by atoms with van der Waals surface area (Å²) in [6.07, 6.45) is 3.02. The van der Waals surface area contributed by atoms with Crippen LogP contribution >= 0.6 is 0 Å². The molecular weight excluding hydrogens is 268 g/mol. The topological polar surface area (TPSA) is 79.3 Å². The smallest absolute Gasteiger partial charge is 0.354 e. The molecule has 0 aliphatic rings. The first-order chi connectivity index (χ1) is 10.2. The second kappa shape index (κ2) is 7.19. The van der Waals surface area contributed by atoms with Crippen LogP contribution in [-0.4, -0.2) is 28.5 Å². The van der Waals surface area contributed by atoms with Gasteiger partial charge in [0.25, 0.3) is 5.91 Å². The number of benzene rings is 1. The van der Waals surface area contributed by atoms with Crippen molar-refractivity contribution < 1.29 is 14.7 Å². The number of aromatic nitrogens is 1. The van der Waals surface area contributed by atoms with Crippen LogP contribution in [0.2, 0.25) is 0 Å². The lowest BCUT2D eigenvalue weighted by Crippen LogP contribution is -2.25. The highest BCUT2D eigenvalue weighted by molar-refractivity contribution is 5.94. The van der Waals surface area contributed by atoms with Gasteiger partial charge in [-0.05, 0) is 30.5 Å². The van der Waals surface area contributed by atoms with Crippen molar-refractivity contribution in [2.24, 2.45) is 0 Å². The zero-order chi connectivity index (χ0) is 15.1. The summed E-state index contributed by atoms with van der Waals surface area (Å²) in [7, 11) is 0. The highest BCUT2D eigenvalue weighted by Crippen LogP contribution is 2.03. The fraction of sp³-hybridized carbons (Fsp3) is 0.188. The first kappa shape index (κ1) is 14.7. The molecule has 0 saturated carbocycles. The minimum Gasteiger partial charge on any atom is -0.477 e. The van der Waals surface area contributed by atoms with Crippen molar-refractivity contribution in [2.45, 2.75) is 12.8 Å². The highest BCUT2D eigenvalue weighted by Gasteiger charge is 2.08. The lowest BCUT2D eigenvalue weighted by Gasteiger charge is -2.05. The number of rotatable bonds is 6. The Morgan fingerprint density at radius 3 is 2.48 bits per heavy atom. The molecular formula is C16H16N2O3. The summed E-state index contributed by atoms with van der Waals surface area (Å²) in [4.78, 5) is 26.2. The number of aryl methyl sites for hydroxylation is 1. The fourth-order valence-corrected chi connectivity index (χ4v) is 1.90. The van der Waals surface area contributed by atoms with E-state index in [1.54, 1.807) is 0 Å². The first-order valence-corrected chi connectivity index (χ1v) is 6.68. The van der Waals surface area contributed by atoms with Gasteiger partial charge in [0.05, 0.1) is 5.56 Å². The molecule has 0 atom stereocenters. The van der Waals surface area contributed by atoms with Crippen molar-refractivity contribution in [3.63, 3.8) is 0 Å². The van der Waals surface area contributed by atoms with Crippen molar-refractivity contribution in [1.29, 1.82) is 0 Å². The largest absolute Gasteiger partial charge is 0.477 e. The van der Waals surface area contributed by atoms with E-state index in [4.69, 9.17) is 5.11 Å². The number of hydrogen-bond acceptors (Lipinski definition) is 3. The molecule has 1 aromatic carbocycles. The summed E-state index contributed by atoms with van der Waals surface area (Å²) in [6, 6.07) is 12.8. The van der Waals surface area contributed by atoms with Crippen molar-refractivity contribution in [3.05, 3.63) is 65.5 Å². The SMILES string of the molecule is O=C(NCCCc1ccccc1)c1ccc(C(=O)O)nc1. The Labute approximate surface area is 122 Å². The molecule has 0 bridgehead atoms. The molecule has 21 heavy (non-hydrogen) atoms. The van der Waals surface area contributed by atoms with Gasteiger partial charge in [-0.3, -0.25) is 4.79 Å². The molecule has 0 aliphatic carbocycles. The van der Waals surface area contributed by atoms with E-state index in [-0.39, 0.29) is 11.6 Å². The Morgan fingerprint density at radius 1 is 1.10 bits per heavy atom. The summed E-state index contributed by atoms with van der Waals surface area (Å²) < 4.78 is 0. The second-order valence-corrected chi connectivity index (χ2v) is 4.58. The molecule has 0 saturated heterocycles. The van der Waals surface area contributed by atoms with Gasteiger partial charge in [-0.15, -0.1) is 0 Å². The van der Waals surface area contributed by atoms with E-state index in [2.05, 4.69) is 22.4 Å². The third-order valence-corrected chi connectivity index (χ3v) is 3.02. The molecule has 2 rings (SSSR count). The van der Waals surface area contributed by atoms with Crippen molar-refractivity contribution in [3.8, 4) is 0 Å². The number of aromatic carboxylic acids is 1. The molecule has 2 N–H and O–H groups in total. The molecule has 5 nitrogen and oxygen atoms in total. The lowest BCUT2D eigenvalue weighted by molar-refractivity contribution is 0.0689. The summed E-state index contributed by atoms with van der Waals surface area (Å²) >= 11 is 0. The van der Waals surface area contributed by atoms with Gasteiger partial charge >= 0.3 is 5.97 Å². The summed E-state index contributed by atoms with van der Waals surface area (Å²) in [5.74, 6) is -1.35. The van der Waals surface area contributed by atoms with Crippen LogP contribution in [-0.2, 0) is 6.42 Å². The maximum Gasteiger partial charge on any atom is 0.354 e. The normalized spacial score (nSPS) is 10.1. The average molecular weight is 284 g/mol. The molecule has 0 fully saturated rings. The van der Waals surface area contributed by atoms with Gasteiger partial charge in [-0.2, -0.15) is 0 Å². The van der Waals surface area contributed by atoms with Gasteiger partial charge in [0, 0.05) is 12.7 Å². The maximum absolute atomic E-state index is 11.8. The van der Waals surface area contributed by atoms with Crippen LogP contribution < -0.4 is 5.32 Å². The Balaban J connectivity index is 1.78. The minimum atomic E-state index is -1.11. The van der Waals surface area contributed by atoms with Crippen LogP contribution in [0, 0.1) is 0 Å². The number of carboxylic acids is 1. The molecule has 108 valence electrons. The van der Waals surface area contributed by atoms with Crippen LogP contribution in [0.25, 0.3) is 0 Å². The summed E-state index contributed by atoms with van der Waals surface area (Å²) in [6.45, 7) is 0.564. The Morgan fingerprint density at radius 2 is 1.86 bits per heavy atom. The van der Waals surface area contributed by atoms with E-state index in [9.17, 15) is 9.59 Å². The Kier molecular flexibility index (Phi) is 5.04. The molecule has 2 aromatic rings.